The molecule has 0 saturated carbocycles. The molecule has 2 aliphatic rings. The van der Waals surface area contributed by atoms with Crippen molar-refractivity contribution in [1.29, 1.82) is 0 Å². The third-order valence-electron chi connectivity index (χ3n) is 6.04. The van der Waals surface area contributed by atoms with Crippen LogP contribution in [0.1, 0.15) is 30.9 Å². The number of fused-ring (bicyclic) bond motifs is 2. The summed E-state index contributed by atoms with van der Waals surface area (Å²) in [6.45, 7) is 5.61. The molecule has 1 atom stereocenters. The zero-order chi connectivity index (χ0) is 20.3. The molecule has 1 saturated heterocycles. The number of benzene rings is 1. The van der Waals surface area contributed by atoms with Crippen molar-refractivity contribution in [3.63, 3.8) is 0 Å². The molecule has 0 radical (unpaired) electrons. The van der Waals surface area contributed by atoms with Gasteiger partial charge < -0.3 is 14.4 Å². The zero-order valence-electron chi connectivity index (χ0n) is 16.8. The van der Waals surface area contributed by atoms with Crippen molar-refractivity contribution in [2.45, 2.75) is 38.3 Å². The SMILES string of the molecule is CCOC(=O)C(CN1CCC2(CC1)OCCc1cc(F)ccc12)Cn1cccn1. The van der Waals surface area contributed by atoms with Crippen LogP contribution in [0.2, 0.25) is 0 Å². The topological polar surface area (TPSA) is 56.6 Å². The van der Waals surface area contributed by atoms with E-state index < -0.39 is 0 Å². The number of aromatic nitrogens is 2. The summed E-state index contributed by atoms with van der Waals surface area (Å²) in [6.07, 6.45) is 6.01. The summed E-state index contributed by atoms with van der Waals surface area (Å²) < 4.78 is 27.0. The highest BCUT2D eigenvalue weighted by Crippen LogP contribution is 2.41. The maximum atomic E-state index is 13.6. The average molecular weight is 401 g/mol. The van der Waals surface area contributed by atoms with Gasteiger partial charge in [0.05, 0.1) is 31.3 Å². The Kier molecular flexibility index (Phi) is 5.96. The van der Waals surface area contributed by atoms with Crippen LogP contribution in [-0.4, -0.2) is 53.5 Å². The first-order valence-electron chi connectivity index (χ1n) is 10.4. The van der Waals surface area contributed by atoms with Crippen LogP contribution >= 0.6 is 0 Å². The molecule has 6 nitrogen and oxygen atoms in total. The molecule has 156 valence electrons. The monoisotopic (exact) mass is 401 g/mol. The van der Waals surface area contributed by atoms with Gasteiger partial charge in [0.25, 0.3) is 0 Å². The highest BCUT2D eigenvalue weighted by molar-refractivity contribution is 5.72. The molecule has 2 aliphatic heterocycles. The van der Waals surface area contributed by atoms with E-state index in [1.807, 2.05) is 25.3 Å². The lowest BCUT2D eigenvalue weighted by Crippen LogP contribution is -2.48. The van der Waals surface area contributed by atoms with Gasteiger partial charge in [-0.1, -0.05) is 6.07 Å². The van der Waals surface area contributed by atoms with Gasteiger partial charge in [0.15, 0.2) is 0 Å². The first kappa shape index (κ1) is 20.0. The van der Waals surface area contributed by atoms with Gasteiger partial charge in [-0.3, -0.25) is 9.48 Å². The molecule has 0 amide bonds. The fraction of sp³-hybridized carbons (Fsp3) is 0.545. The summed E-state index contributed by atoms with van der Waals surface area (Å²) in [5, 5.41) is 4.23. The molecule has 29 heavy (non-hydrogen) atoms. The number of likely N-dealkylation sites (tertiary alicyclic amines) is 1. The first-order valence-corrected chi connectivity index (χ1v) is 10.4. The molecule has 1 unspecified atom stereocenters. The van der Waals surface area contributed by atoms with E-state index in [1.165, 1.54) is 6.07 Å². The first-order chi connectivity index (χ1) is 14.1. The van der Waals surface area contributed by atoms with E-state index in [4.69, 9.17) is 9.47 Å². The molecule has 1 spiro atoms. The highest BCUT2D eigenvalue weighted by Gasteiger charge is 2.41. The number of piperidine rings is 1. The van der Waals surface area contributed by atoms with Crippen molar-refractivity contribution in [3.05, 3.63) is 53.6 Å². The van der Waals surface area contributed by atoms with Gasteiger partial charge in [0.1, 0.15) is 5.82 Å². The van der Waals surface area contributed by atoms with Crippen molar-refractivity contribution in [2.24, 2.45) is 5.92 Å². The second-order valence-corrected chi connectivity index (χ2v) is 7.87. The van der Waals surface area contributed by atoms with Gasteiger partial charge in [0, 0.05) is 32.0 Å². The molecule has 1 fully saturated rings. The zero-order valence-corrected chi connectivity index (χ0v) is 16.8. The van der Waals surface area contributed by atoms with Gasteiger partial charge in [-0.2, -0.15) is 5.10 Å². The lowest BCUT2D eigenvalue weighted by molar-refractivity contribution is -0.150. The summed E-state index contributed by atoms with van der Waals surface area (Å²) in [5.74, 6) is -0.635. The Hall–Kier alpha value is -2.25. The lowest BCUT2D eigenvalue weighted by atomic mass is 9.79. The number of rotatable bonds is 6. The molecule has 7 heteroatoms. The Morgan fingerprint density at radius 3 is 2.90 bits per heavy atom. The molecule has 3 heterocycles. The van der Waals surface area contributed by atoms with E-state index in [1.54, 1.807) is 16.9 Å². The normalized spacial score (nSPS) is 19.7. The summed E-state index contributed by atoms with van der Waals surface area (Å²) >= 11 is 0. The predicted octanol–water partition coefficient (Wildman–Crippen LogP) is 2.77. The van der Waals surface area contributed by atoms with E-state index in [0.29, 0.717) is 26.3 Å². The second-order valence-electron chi connectivity index (χ2n) is 7.87. The Morgan fingerprint density at radius 1 is 1.34 bits per heavy atom. The van der Waals surface area contributed by atoms with Crippen LogP contribution < -0.4 is 0 Å². The number of hydrogen-bond donors (Lipinski definition) is 0. The average Bonchev–Trinajstić information content (AvgIpc) is 3.22. The minimum absolute atomic E-state index is 0.182. The molecule has 4 rings (SSSR count). The number of carbonyl (C=O) groups excluding carboxylic acids is 1. The quantitative estimate of drug-likeness (QED) is 0.697. The molecule has 1 aromatic heterocycles. The maximum Gasteiger partial charge on any atom is 0.312 e. The maximum absolute atomic E-state index is 13.6. The van der Waals surface area contributed by atoms with Gasteiger partial charge >= 0.3 is 5.97 Å². The third-order valence-corrected chi connectivity index (χ3v) is 6.04. The van der Waals surface area contributed by atoms with Crippen LogP contribution in [0.15, 0.2) is 36.7 Å². The van der Waals surface area contributed by atoms with E-state index in [0.717, 1.165) is 43.5 Å². The molecule has 2 aromatic rings. The minimum Gasteiger partial charge on any atom is -0.466 e. The fourth-order valence-electron chi connectivity index (χ4n) is 4.57. The number of ether oxygens (including phenoxy) is 2. The van der Waals surface area contributed by atoms with Crippen LogP contribution in [0, 0.1) is 11.7 Å². The van der Waals surface area contributed by atoms with Crippen molar-refractivity contribution in [3.8, 4) is 0 Å². The minimum atomic E-state index is -0.334. The summed E-state index contributed by atoms with van der Waals surface area (Å²) in [7, 11) is 0. The molecule has 0 bridgehead atoms. The number of nitrogens with zero attached hydrogens (tertiary/aromatic N) is 3. The third kappa shape index (κ3) is 4.36. The van der Waals surface area contributed by atoms with Gasteiger partial charge in [0.2, 0.25) is 0 Å². The van der Waals surface area contributed by atoms with E-state index >= 15 is 0 Å². The Balaban J connectivity index is 1.43. The van der Waals surface area contributed by atoms with Gasteiger partial charge in [-0.15, -0.1) is 0 Å². The molecule has 1 aromatic carbocycles. The van der Waals surface area contributed by atoms with Crippen LogP contribution in [0.25, 0.3) is 0 Å². The Labute approximate surface area is 170 Å². The van der Waals surface area contributed by atoms with Crippen molar-refractivity contribution in [1.82, 2.24) is 14.7 Å². The van der Waals surface area contributed by atoms with E-state index in [-0.39, 0.29) is 23.3 Å². The van der Waals surface area contributed by atoms with Crippen molar-refractivity contribution in [2.75, 3.05) is 32.8 Å². The van der Waals surface area contributed by atoms with Crippen LogP contribution in [0.5, 0.6) is 0 Å². The number of esters is 1. The van der Waals surface area contributed by atoms with Gasteiger partial charge in [-0.25, -0.2) is 4.39 Å². The molecule has 0 aliphatic carbocycles. The summed E-state index contributed by atoms with van der Waals surface area (Å²) in [5.41, 5.74) is 1.86. The molecule has 0 N–H and O–H groups in total. The van der Waals surface area contributed by atoms with E-state index in [9.17, 15) is 9.18 Å². The summed E-state index contributed by atoms with van der Waals surface area (Å²) in [6, 6.07) is 6.92. The largest absolute Gasteiger partial charge is 0.466 e. The predicted molar refractivity (Wildman–Crippen MR) is 106 cm³/mol. The number of carbonyl (C=O) groups is 1. The van der Waals surface area contributed by atoms with Crippen molar-refractivity contribution < 1.29 is 18.7 Å². The number of hydrogen-bond acceptors (Lipinski definition) is 5. The molecular weight excluding hydrogens is 373 g/mol. The lowest BCUT2D eigenvalue weighted by Gasteiger charge is -2.45. The highest BCUT2D eigenvalue weighted by atomic mass is 19.1. The Bertz CT molecular complexity index is 832. The molecular formula is C22H28FN3O3. The summed E-state index contributed by atoms with van der Waals surface area (Å²) in [4.78, 5) is 14.8. The van der Waals surface area contributed by atoms with Crippen LogP contribution in [0.3, 0.4) is 0 Å². The number of halogens is 1. The smallest absolute Gasteiger partial charge is 0.312 e. The van der Waals surface area contributed by atoms with Crippen LogP contribution in [-0.2, 0) is 32.8 Å². The van der Waals surface area contributed by atoms with Crippen LogP contribution in [0.4, 0.5) is 4.39 Å². The standard InChI is InChI=1S/C22H28FN3O3/c1-2-28-21(27)18(16-26-10-3-9-24-26)15-25-11-7-22(8-12-25)20-5-4-19(23)14-17(20)6-13-29-22/h3-5,9-10,14,18H,2,6-8,11-13,15-16H2,1H3. The van der Waals surface area contributed by atoms with Crippen molar-refractivity contribution >= 4 is 5.97 Å². The fourth-order valence-corrected chi connectivity index (χ4v) is 4.57. The van der Waals surface area contributed by atoms with E-state index in [2.05, 4.69) is 10.00 Å². The second kappa shape index (κ2) is 8.63. The Morgan fingerprint density at radius 2 is 2.17 bits per heavy atom. The van der Waals surface area contributed by atoms with Gasteiger partial charge in [-0.05, 0) is 55.5 Å².